The van der Waals surface area contributed by atoms with Gasteiger partial charge in [-0.25, -0.2) is 0 Å². The van der Waals surface area contributed by atoms with E-state index >= 15 is 0 Å². The number of benzene rings is 3. The SMILES string of the molecule is Cc1nc2ccc(NC(=O)c3ccccc3CN3CCN(c4ccc(C#N)cc4)CC3)cc2c(N)c1C. The first-order chi connectivity index (χ1) is 17.9. The first-order valence-corrected chi connectivity index (χ1v) is 12.5. The Kier molecular flexibility index (Phi) is 6.76. The molecule has 1 amide bonds. The minimum Gasteiger partial charge on any atom is -0.398 e. The van der Waals surface area contributed by atoms with Crippen LogP contribution in [0.2, 0.25) is 0 Å². The number of amides is 1. The van der Waals surface area contributed by atoms with Crippen LogP contribution in [0.15, 0.2) is 66.7 Å². The molecule has 7 heteroatoms. The molecule has 1 aliphatic rings. The number of aromatic nitrogens is 1. The summed E-state index contributed by atoms with van der Waals surface area (Å²) in [7, 11) is 0. The van der Waals surface area contributed by atoms with Gasteiger partial charge in [-0.1, -0.05) is 18.2 Å². The van der Waals surface area contributed by atoms with Gasteiger partial charge in [-0.2, -0.15) is 5.26 Å². The third-order valence-electron chi connectivity index (χ3n) is 7.17. The molecule has 1 saturated heterocycles. The standard InChI is InChI=1S/C30H30N6O/c1-20-21(2)33-28-12-9-24(17-27(28)29(20)32)34-30(37)26-6-4-3-5-23(26)19-35-13-15-36(16-14-35)25-10-7-22(18-31)8-11-25/h3-12,17H,13-16,19H2,1-2H3,(H2,32,33)(H,34,37). The van der Waals surface area contributed by atoms with Gasteiger partial charge < -0.3 is 16.0 Å². The first-order valence-electron chi connectivity index (χ1n) is 12.5. The van der Waals surface area contributed by atoms with E-state index in [1.165, 1.54) is 0 Å². The first kappa shape index (κ1) is 24.3. The van der Waals surface area contributed by atoms with E-state index in [2.05, 4.69) is 26.2 Å². The molecule has 5 rings (SSSR count). The molecule has 0 aliphatic carbocycles. The second-order valence-electron chi connectivity index (χ2n) is 9.50. The Balaban J connectivity index is 1.27. The maximum Gasteiger partial charge on any atom is 0.255 e. The average Bonchev–Trinajstić information content (AvgIpc) is 2.93. The molecular weight excluding hydrogens is 460 g/mol. The number of nitriles is 1. The molecule has 0 atom stereocenters. The van der Waals surface area contributed by atoms with Crippen molar-refractivity contribution < 1.29 is 4.79 Å². The number of aryl methyl sites for hydroxylation is 1. The number of nitrogen functional groups attached to an aromatic ring is 1. The summed E-state index contributed by atoms with van der Waals surface area (Å²) in [6.45, 7) is 8.19. The van der Waals surface area contributed by atoms with Crippen molar-refractivity contribution in [1.82, 2.24) is 9.88 Å². The fourth-order valence-corrected chi connectivity index (χ4v) is 4.82. The zero-order valence-corrected chi connectivity index (χ0v) is 21.2. The molecule has 0 saturated carbocycles. The van der Waals surface area contributed by atoms with Gasteiger partial charge in [0.15, 0.2) is 0 Å². The van der Waals surface area contributed by atoms with Gasteiger partial charge in [-0.3, -0.25) is 14.7 Å². The summed E-state index contributed by atoms with van der Waals surface area (Å²) in [5.41, 5.74) is 13.9. The van der Waals surface area contributed by atoms with Crippen LogP contribution in [-0.2, 0) is 6.54 Å². The molecule has 2 heterocycles. The molecule has 4 aromatic rings. The van der Waals surface area contributed by atoms with Crippen molar-refractivity contribution in [2.75, 3.05) is 42.1 Å². The zero-order valence-electron chi connectivity index (χ0n) is 21.2. The molecule has 1 fully saturated rings. The quantitative estimate of drug-likeness (QED) is 0.414. The second kappa shape index (κ2) is 10.3. The fraction of sp³-hybridized carbons (Fsp3) is 0.233. The van der Waals surface area contributed by atoms with Gasteiger partial charge in [0.2, 0.25) is 0 Å². The lowest BCUT2D eigenvalue weighted by molar-refractivity contribution is 0.102. The Morgan fingerprint density at radius 1 is 1.03 bits per heavy atom. The van der Waals surface area contributed by atoms with Crippen LogP contribution < -0.4 is 16.0 Å². The zero-order chi connectivity index (χ0) is 25.9. The number of carbonyl (C=O) groups excluding carboxylic acids is 1. The third-order valence-corrected chi connectivity index (χ3v) is 7.17. The van der Waals surface area contributed by atoms with Crippen LogP contribution in [-0.4, -0.2) is 42.0 Å². The number of pyridine rings is 1. The van der Waals surface area contributed by atoms with Crippen LogP contribution in [0.1, 0.15) is 32.7 Å². The van der Waals surface area contributed by atoms with Gasteiger partial charge in [0.25, 0.3) is 5.91 Å². The molecule has 1 aliphatic heterocycles. The lowest BCUT2D eigenvalue weighted by Gasteiger charge is -2.36. The van der Waals surface area contributed by atoms with E-state index in [-0.39, 0.29) is 5.91 Å². The maximum atomic E-state index is 13.3. The van der Waals surface area contributed by atoms with Crippen LogP contribution in [0.4, 0.5) is 17.1 Å². The minimum absolute atomic E-state index is 0.137. The molecule has 0 radical (unpaired) electrons. The number of anilines is 3. The minimum atomic E-state index is -0.137. The number of carbonyl (C=O) groups is 1. The predicted molar refractivity (Wildman–Crippen MR) is 149 cm³/mol. The lowest BCUT2D eigenvalue weighted by atomic mass is 10.0. The van der Waals surface area contributed by atoms with Gasteiger partial charge in [0, 0.05) is 66.4 Å². The summed E-state index contributed by atoms with van der Waals surface area (Å²) >= 11 is 0. The highest BCUT2D eigenvalue weighted by Gasteiger charge is 2.20. The highest BCUT2D eigenvalue weighted by atomic mass is 16.1. The van der Waals surface area contributed by atoms with Crippen LogP contribution in [0.25, 0.3) is 10.9 Å². The topological polar surface area (TPSA) is 98.3 Å². The van der Waals surface area contributed by atoms with Crippen molar-refractivity contribution in [2.24, 2.45) is 0 Å². The van der Waals surface area contributed by atoms with Crippen LogP contribution >= 0.6 is 0 Å². The van der Waals surface area contributed by atoms with Crippen molar-refractivity contribution in [1.29, 1.82) is 5.26 Å². The molecule has 0 bridgehead atoms. The third kappa shape index (κ3) is 5.11. The van der Waals surface area contributed by atoms with E-state index in [1.807, 2.05) is 80.6 Å². The Bertz CT molecular complexity index is 1500. The van der Waals surface area contributed by atoms with Crippen molar-refractivity contribution in [3.63, 3.8) is 0 Å². The molecule has 37 heavy (non-hydrogen) atoms. The van der Waals surface area contributed by atoms with E-state index in [0.29, 0.717) is 29.0 Å². The number of hydrogen-bond acceptors (Lipinski definition) is 6. The molecule has 3 N–H and O–H groups in total. The van der Waals surface area contributed by atoms with E-state index < -0.39 is 0 Å². The van der Waals surface area contributed by atoms with E-state index in [9.17, 15) is 4.79 Å². The summed E-state index contributed by atoms with van der Waals surface area (Å²) in [6, 6.07) is 23.3. The molecule has 0 spiro atoms. The summed E-state index contributed by atoms with van der Waals surface area (Å²) in [5.74, 6) is -0.137. The number of fused-ring (bicyclic) bond motifs is 1. The highest BCUT2D eigenvalue weighted by molar-refractivity contribution is 6.06. The summed E-state index contributed by atoms with van der Waals surface area (Å²) in [6.07, 6.45) is 0. The summed E-state index contributed by atoms with van der Waals surface area (Å²) in [5, 5.41) is 12.9. The molecule has 1 aromatic heterocycles. The number of hydrogen-bond donors (Lipinski definition) is 2. The van der Waals surface area contributed by atoms with Crippen LogP contribution in [0, 0.1) is 25.2 Å². The Morgan fingerprint density at radius 3 is 2.49 bits per heavy atom. The lowest BCUT2D eigenvalue weighted by Crippen LogP contribution is -2.46. The summed E-state index contributed by atoms with van der Waals surface area (Å²) in [4.78, 5) is 22.6. The van der Waals surface area contributed by atoms with Crippen LogP contribution in [0.3, 0.4) is 0 Å². The smallest absolute Gasteiger partial charge is 0.255 e. The van der Waals surface area contributed by atoms with E-state index in [4.69, 9.17) is 11.0 Å². The van der Waals surface area contributed by atoms with Gasteiger partial charge in [0.1, 0.15) is 0 Å². The van der Waals surface area contributed by atoms with E-state index in [1.54, 1.807) is 0 Å². The van der Waals surface area contributed by atoms with Crippen molar-refractivity contribution in [3.8, 4) is 6.07 Å². The average molecular weight is 491 g/mol. The van der Waals surface area contributed by atoms with Gasteiger partial charge in [-0.15, -0.1) is 0 Å². The number of nitrogens with two attached hydrogens (primary N) is 1. The van der Waals surface area contributed by atoms with Crippen LogP contribution in [0.5, 0.6) is 0 Å². The van der Waals surface area contributed by atoms with E-state index in [0.717, 1.165) is 59.6 Å². The Morgan fingerprint density at radius 2 is 1.76 bits per heavy atom. The molecule has 7 nitrogen and oxygen atoms in total. The molecule has 186 valence electrons. The number of piperazine rings is 1. The molecular formula is C30H30N6O. The summed E-state index contributed by atoms with van der Waals surface area (Å²) < 4.78 is 0. The monoisotopic (exact) mass is 490 g/mol. The number of nitrogens with one attached hydrogen (secondary N) is 1. The largest absolute Gasteiger partial charge is 0.398 e. The predicted octanol–water partition coefficient (Wildman–Crippen LogP) is 4.88. The fourth-order valence-electron chi connectivity index (χ4n) is 4.82. The molecule has 3 aromatic carbocycles. The normalized spacial score (nSPS) is 13.9. The van der Waals surface area contributed by atoms with Crippen molar-refractivity contribution in [2.45, 2.75) is 20.4 Å². The molecule has 0 unspecified atom stereocenters. The maximum absolute atomic E-state index is 13.3. The highest BCUT2D eigenvalue weighted by Crippen LogP contribution is 2.28. The van der Waals surface area contributed by atoms with Gasteiger partial charge in [-0.05, 0) is 73.5 Å². The van der Waals surface area contributed by atoms with Crippen molar-refractivity contribution >= 4 is 33.9 Å². The number of nitrogens with zero attached hydrogens (tertiary/aromatic N) is 4. The van der Waals surface area contributed by atoms with Gasteiger partial charge >= 0.3 is 0 Å². The Hall–Kier alpha value is -4.41. The number of rotatable bonds is 5. The Labute approximate surface area is 217 Å². The van der Waals surface area contributed by atoms with Gasteiger partial charge in [0.05, 0.1) is 17.1 Å². The second-order valence-corrected chi connectivity index (χ2v) is 9.50. The van der Waals surface area contributed by atoms with Crippen molar-refractivity contribution in [3.05, 3.63) is 94.7 Å².